The Morgan fingerprint density at radius 2 is 2.47 bits per heavy atom. The molecule has 2 heterocycles. The summed E-state index contributed by atoms with van der Waals surface area (Å²) in [7, 11) is 0. The van der Waals surface area contributed by atoms with Crippen LogP contribution in [0.2, 0.25) is 0 Å². The van der Waals surface area contributed by atoms with Gasteiger partial charge in [0.25, 0.3) is 0 Å². The zero-order chi connectivity index (χ0) is 10.7. The molecule has 0 radical (unpaired) electrons. The number of hydrogen-bond acceptors (Lipinski definition) is 4. The fourth-order valence-corrected chi connectivity index (χ4v) is 1.93. The lowest BCUT2D eigenvalue weighted by atomic mass is 9.94. The van der Waals surface area contributed by atoms with E-state index in [0.717, 1.165) is 31.6 Å². The van der Waals surface area contributed by atoms with Gasteiger partial charge in [0.05, 0.1) is 6.61 Å². The van der Waals surface area contributed by atoms with Gasteiger partial charge in [-0.2, -0.15) is 0 Å². The summed E-state index contributed by atoms with van der Waals surface area (Å²) >= 11 is 0. The molecule has 2 atom stereocenters. The molecule has 1 aromatic heterocycles. The van der Waals surface area contributed by atoms with Crippen LogP contribution in [0.4, 0.5) is 5.82 Å². The van der Waals surface area contributed by atoms with Crippen LogP contribution < -0.4 is 11.5 Å². The molecule has 0 amide bonds. The number of nitrogens with two attached hydrogens (primary N) is 2. The van der Waals surface area contributed by atoms with Crippen molar-refractivity contribution >= 4 is 5.82 Å². The molecule has 0 aromatic carbocycles. The Kier molecular flexibility index (Phi) is 3.18. The molecule has 1 aromatic rings. The summed E-state index contributed by atoms with van der Waals surface area (Å²) in [5, 5.41) is 0. The lowest BCUT2D eigenvalue weighted by Gasteiger charge is -2.17. The van der Waals surface area contributed by atoms with Crippen molar-refractivity contribution in [2.45, 2.75) is 18.9 Å². The van der Waals surface area contributed by atoms with E-state index in [-0.39, 0.29) is 6.04 Å². The monoisotopic (exact) mass is 207 g/mol. The molecule has 0 bridgehead atoms. The molecule has 2 unspecified atom stereocenters. The van der Waals surface area contributed by atoms with Crippen LogP contribution in [-0.4, -0.2) is 24.2 Å². The van der Waals surface area contributed by atoms with Crippen LogP contribution in [0.1, 0.15) is 12.0 Å². The van der Waals surface area contributed by atoms with E-state index in [0.29, 0.717) is 11.7 Å². The number of pyridine rings is 1. The van der Waals surface area contributed by atoms with E-state index in [4.69, 9.17) is 16.2 Å². The van der Waals surface area contributed by atoms with Crippen LogP contribution in [0.15, 0.2) is 18.3 Å². The van der Waals surface area contributed by atoms with Crippen molar-refractivity contribution in [3.05, 3.63) is 23.9 Å². The minimum Gasteiger partial charge on any atom is -0.383 e. The molecule has 0 spiro atoms. The fraction of sp³-hybridized carbons (Fsp3) is 0.545. The molecule has 4 heteroatoms. The van der Waals surface area contributed by atoms with Gasteiger partial charge in [-0.1, -0.05) is 6.07 Å². The zero-order valence-electron chi connectivity index (χ0n) is 8.73. The SMILES string of the molecule is Nc1ncccc1CC(N)C1CCOC1. The van der Waals surface area contributed by atoms with Crippen molar-refractivity contribution in [3.63, 3.8) is 0 Å². The highest BCUT2D eigenvalue weighted by molar-refractivity contribution is 5.38. The second kappa shape index (κ2) is 4.59. The Labute approximate surface area is 89.6 Å². The third kappa shape index (κ3) is 2.46. The van der Waals surface area contributed by atoms with E-state index in [1.807, 2.05) is 12.1 Å². The van der Waals surface area contributed by atoms with Gasteiger partial charge in [0.2, 0.25) is 0 Å². The van der Waals surface area contributed by atoms with Crippen LogP contribution in [0.3, 0.4) is 0 Å². The molecule has 0 aliphatic carbocycles. The van der Waals surface area contributed by atoms with E-state index < -0.39 is 0 Å². The molecule has 1 aliphatic heterocycles. The maximum Gasteiger partial charge on any atom is 0.126 e. The predicted octanol–water partition coefficient (Wildman–Crippen LogP) is 0.570. The third-order valence-electron chi connectivity index (χ3n) is 2.95. The van der Waals surface area contributed by atoms with Gasteiger partial charge in [0.15, 0.2) is 0 Å². The Morgan fingerprint density at radius 3 is 3.13 bits per heavy atom. The Balaban J connectivity index is 1.99. The lowest BCUT2D eigenvalue weighted by Crippen LogP contribution is -2.32. The second-order valence-corrected chi connectivity index (χ2v) is 4.04. The molecule has 4 N–H and O–H groups in total. The van der Waals surface area contributed by atoms with Crippen LogP contribution in [-0.2, 0) is 11.2 Å². The summed E-state index contributed by atoms with van der Waals surface area (Å²) in [6, 6.07) is 4.00. The molecular formula is C11H17N3O. The second-order valence-electron chi connectivity index (χ2n) is 4.04. The van der Waals surface area contributed by atoms with E-state index in [9.17, 15) is 0 Å². The molecule has 1 saturated heterocycles. The van der Waals surface area contributed by atoms with Crippen molar-refractivity contribution in [3.8, 4) is 0 Å². The molecule has 82 valence electrons. The molecule has 2 rings (SSSR count). The minimum absolute atomic E-state index is 0.124. The van der Waals surface area contributed by atoms with Crippen molar-refractivity contribution in [1.29, 1.82) is 0 Å². The molecule has 0 saturated carbocycles. The van der Waals surface area contributed by atoms with Gasteiger partial charge in [-0.05, 0) is 30.4 Å². The van der Waals surface area contributed by atoms with Gasteiger partial charge in [0.1, 0.15) is 5.82 Å². The number of anilines is 1. The number of nitrogens with zero attached hydrogens (tertiary/aromatic N) is 1. The normalized spacial score (nSPS) is 22.9. The number of hydrogen-bond donors (Lipinski definition) is 2. The Hall–Kier alpha value is -1.13. The average molecular weight is 207 g/mol. The van der Waals surface area contributed by atoms with E-state index in [1.165, 1.54) is 0 Å². The lowest BCUT2D eigenvalue weighted by molar-refractivity contribution is 0.180. The third-order valence-corrected chi connectivity index (χ3v) is 2.95. The summed E-state index contributed by atoms with van der Waals surface area (Å²) in [6.45, 7) is 1.61. The van der Waals surface area contributed by atoms with Crippen LogP contribution >= 0.6 is 0 Å². The van der Waals surface area contributed by atoms with Gasteiger partial charge in [-0.25, -0.2) is 4.98 Å². The van der Waals surface area contributed by atoms with Crippen LogP contribution in [0, 0.1) is 5.92 Å². The molecular weight excluding hydrogens is 190 g/mol. The highest BCUT2D eigenvalue weighted by Crippen LogP contribution is 2.19. The summed E-state index contributed by atoms with van der Waals surface area (Å²) in [6.07, 6.45) is 3.54. The Morgan fingerprint density at radius 1 is 1.60 bits per heavy atom. The first-order valence-electron chi connectivity index (χ1n) is 5.30. The first-order chi connectivity index (χ1) is 7.27. The average Bonchev–Trinajstić information content (AvgIpc) is 2.74. The molecule has 15 heavy (non-hydrogen) atoms. The highest BCUT2D eigenvalue weighted by atomic mass is 16.5. The maximum atomic E-state index is 6.12. The molecule has 4 nitrogen and oxygen atoms in total. The van der Waals surface area contributed by atoms with E-state index in [1.54, 1.807) is 6.20 Å². The van der Waals surface area contributed by atoms with Gasteiger partial charge >= 0.3 is 0 Å². The van der Waals surface area contributed by atoms with E-state index >= 15 is 0 Å². The van der Waals surface area contributed by atoms with Crippen molar-refractivity contribution in [2.24, 2.45) is 11.7 Å². The number of aromatic nitrogens is 1. The standard InChI is InChI=1S/C11H17N3O/c12-10(9-3-5-15-7-9)6-8-2-1-4-14-11(8)13/h1-2,4,9-10H,3,5-7,12H2,(H2,13,14). The summed E-state index contributed by atoms with van der Waals surface area (Å²) in [4.78, 5) is 4.05. The molecule has 1 fully saturated rings. The van der Waals surface area contributed by atoms with E-state index in [2.05, 4.69) is 4.98 Å². The summed E-state index contributed by atoms with van der Waals surface area (Å²) < 4.78 is 5.32. The van der Waals surface area contributed by atoms with Gasteiger partial charge in [-0.15, -0.1) is 0 Å². The highest BCUT2D eigenvalue weighted by Gasteiger charge is 2.23. The number of rotatable bonds is 3. The Bertz CT molecular complexity index is 323. The first kappa shape index (κ1) is 10.4. The smallest absolute Gasteiger partial charge is 0.126 e. The van der Waals surface area contributed by atoms with Gasteiger partial charge < -0.3 is 16.2 Å². The van der Waals surface area contributed by atoms with Crippen molar-refractivity contribution < 1.29 is 4.74 Å². The predicted molar refractivity (Wildman–Crippen MR) is 59.3 cm³/mol. The van der Waals surface area contributed by atoms with Crippen molar-refractivity contribution in [2.75, 3.05) is 18.9 Å². The van der Waals surface area contributed by atoms with Gasteiger partial charge in [-0.3, -0.25) is 0 Å². The topological polar surface area (TPSA) is 74.2 Å². The molecule has 1 aliphatic rings. The number of ether oxygens (including phenoxy) is 1. The first-order valence-corrected chi connectivity index (χ1v) is 5.30. The van der Waals surface area contributed by atoms with Gasteiger partial charge in [0, 0.05) is 18.8 Å². The quantitative estimate of drug-likeness (QED) is 0.760. The summed E-state index contributed by atoms with van der Waals surface area (Å²) in [5.41, 5.74) is 12.9. The largest absolute Gasteiger partial charge is 0.383 e. The number of nitrogen functional groups attached to an aromatic ring is 1. The maximum absolute atomic E-state index is 6.12. The van der Waals surface area contributed by atoms with Crippen LogP contribution in [0.25, 0.3) is 0 Å². The fourth-order valence-electron chi connectivity index (χ4n) is 1.93. The summed E-state index contributed by atoms with van der Waals surface area (Å²) in [5.74, 6) is 1.05. The minimum atomic E-state index is 0.124. The zero-order valence-corrected chi connectivity index (χ0v) is 8.73. The van der Waals surface area contributed by atoms with Crippen LogP contribution in [0.5, 0.6) is 0 Å². The van der Waals surface area contributed by atoms with Crippen molar-refractivity contribution in [1.82, 2.24) is 4.98 Å².